The minimum Gasteiger partial charge on any atom is -0.465 e. The Balaban J connectivity index is 1.82. The lowest BCUT2D eigenvalue weighted by molar-refractivity contribution is -0.117. The molecule has 1 fully saturated rings. The number of benzene rings is 1. The summed E-state index contributed by atoms with van der Waals surface area (Å²) in [5, 5.41) is 12.1. The number of carbonyl (C=O) groups excluding carboxylic acids is 1. The number of anilines is 1. The van der Waals surface area contributed by atoms with Gasteiger partial charge in [0.25, 0.3) is 0 Å². The Bertz CT molecular complexity index is 799. The summed E-state index contributed by atoms with van der Waals surface area (Å²) in [4.78, 5) is 25.9. The van der Waals surface area contributed by atoms with Crippen molar-refractivity contribution < 1.29 is 19.4 Å². The van der Waals surface area contributed by atoms with E-state index in [0.29, 0.717) is 19.1 Å². The molecule has 2 aliphatic heterocycles. The standard InChI is InChI=1S/C21H26N2O4/c1-12-19(22-21(25)26)17-11-16(14-7-9-27-10-8-14)5-6-18(17)23(13(2)24)20(12)15-3-4-15/h5-7,11-12,15,19-20,22H,3-4,8-10H2,1-2H3,(H,25,26)/t12-,19-,20+/m1/s1. The van der Waals surface area contributed by atoms with Crippen molar-refractivity contribution in [1.29, 1.82) is 0 Å². The number of carbonyl (C=O) groups is 2. The topological polar surface area (TPSA) is 78.9 Å². The van der Waals surface area contributed by atoms with Crippen LogP contribution >= 0.6 is 0 Å². The lowest BCUT2D eigenvalue weighted by Crippen LogP contribution is -2.53. The summed E-state index contributed by atoms with van der Waals surface area (Å²) in [6, 6.07) is 5.81. The van der Waals surface area contributed by atoms with E-state index in [1.807, 2.05) is 17.0 Å². The number of carboxylic acid groups (broad SMARTS) is 1. The summed E-state index contributed by atoms with van der Waals surface area (Å²) in [5.74, 6) is 0.490. The number of hydrogen-bond acceptors (Lipinski definition) is 3. The number of fused-ring (bicyclic) bond motifs is 1. The van der Waals surface area contributed by atoms with Gasteiger partial charge in [-0.15, -0.1) is 0 Å². The van der Waals surface area contributed by atoms with Crippen LogP contribution in [0.2, 0.25) is 0 Å². The third-order valence-corrected chi connectivity index (χ3v) is 6.04. The van der Waals surface area contributed by atoms with Crippen molar-refractivity contribution in [2.24, 2.45) is 11.8 Å². The third-order valence-electron chi connectivity index (χ3n) is 6.04. The molecule has 0 saturated heterocycles. The maximum absolute atomic E-state index is 12.5. The van der Waals surface area contributed by atoms with Gasteiger partial charge in [-0.05, 0) is 54.0 Å². The first-order valence-electron chi connectivity index (χ1n) is 9.67. The Labute approximate surface area is 159 Å². The molecule has 1 aromatic rings. The molecule has 2 heterocycles. The second-order valence-electron chi connectivity index (χ2n) is 7.83. The second kappa shape index (κ2) is 7.00. The fourth-order valence-electron chi connectivity index (χ4n) is 4.69. The van der Waals surface area contributed by atoms with Gasteiger partial charge in [0.05, 0.1) is 19.3 Å². The van der Waals surface area contributed by atoms with E-state index in [4.69, 9.17) is 4.74 Å². The summed E-state index contributed by atoms with van der Waals surface area (Å²) in [7, 11) is 0. The van der Waals surface area contributed by atoms with E-state index in [1.165, 1.54) is 5.57 Å². The molecule has 1 aliphatic carbocycles. The zero-order chi connectivity index (χ0) is 19.1. The summed E-state index contributed by atoms with van der Waals surface area (Å²) in [6.45, 7) is 4.96. The normalized spacial score (nSPS) is 27.6. The minimum absolute atomic E-state index is 0.0175. The Kier molecular flexibility index (Phi) is 4.68. The third kappa shape index (κ3) is 3.34. The van der Waals surface area contributed by atoms with Crippen LogP contribution in [0, 0.1) is 11.8 Å². The number of ether oxygens (including phenoxy) is 1. The molecular weight excluding hydrogens is 344 g/mol. The predicted molar refractivity (Wildman–Crippen MR) is 103 cm³/mol. The zero-order valence-electron chi connectivity index (χ0n) is 15.8. The van der Waals surface area contributed by atoms with Crippen LogP contribution in [-0.2, 0) is 9.53 Å². The lowest BCUT2D eigenvalue weighted by atomic mass is 9.79. The van der Waals surface area contributed by atoms with Crippen LogP contribution in [0.1, 0.15) is 50.3 Å². The average molecular weight is 370 g/mol. The van der Waals surface area contributed by atoms with Gasteiger partial charge in [-0.25, -0.2) is 4.79 Å². The van der Waals surface area contributed by atoms with Gasteiger partial charge in [0.15, 0.2) is 0 Å². The van der Waals surface area contributed by atoms with Crippen molar-refractivity contribution in [3.63, 3.8) is 0 Å². The molecule has 3 aliphatic rings. The van der Waals surface area contributed by atoms with E-state index in [1.54, 1.807) is 6.92 Å². The molecular formula is C21H26N2O4. The van der Waals surface area contributed by atoms with Crippen molar-refractivity contribution in [3.05, 3.63) is 35.4 Å². The molecule has 0 radical (unpaired) electrons. The molecule has 2 N–H and O–H groups in total. The molecule has 1 saturated carbocycles. The van der Waals surface area contributed by atoms with Gasteiger partial charge in [-0.3, -0.25) is 4.79 Å². The molecule has 144 valence electrons. The van der Waals surface area contributed by atoms with Crippen molar-refractivity contribution in [2.75, 3.05) is 18.1 Å². The first-order valence-corrected chi connectivity index (χ1v) is 9.67. The quantitative estimate of drug-likeness (QED) is 0.852. The maximum atomic E-state index is 12.5. The number of rotatable bonds is 3. The number of amides is 2. The molecule has 2 amide bonds. The van der Waals surface area contributed by atoms with Crippen LogP contribution in [0.25, 0.3) is 5.57 Å². The van der Waals surface area contributed by atoms with E-state index >= 15 is 0 Å². The molecule has 6 heteroatoms. The van der Waals surface area contributed by atoms with E-state index in [9.17, 15) is 14.7 Å². The van der Waals surface area contributed by atoms with Crippen molar-refractivity contribution in [2.45, 2.75) is 45.2 Å². The van der Waals surface area contributed by atoms with E-state index < -0.39 is 6.09 Å². The van der Waals surface area contributed by atoms with Crippen molar-refractivity contribution in [3.8, 4) is 0 Å². The van der Waals surface area contributed by atoms with Crippen LogP contribution in [0.15, 0.2) is 24.3 Å². The van der Waals surface area contributed by atoms with Gasteiger partial charge >= 0.3 is 6.09 Å². The Hall–Kier alpha value is -2.34. The van der Waals surface area contributed by atoms with Crippen molar-refractivity contribution in [1.82, 2.24) is 5.32 Å². The summed E-state index contributed by atoms with van der Waals surface area (Å²) in [5.41, 5.74) is 4.02. The fraction of sp³-hybridized carbons (Fsp3) is 0.524. The molecule has 0 unspecified atom stereocenters. The van der Waals surface area contributed by atoms with E-state index in [-0.39, 0.29) is 23.9 Å². The SMILES string of the molecule is CC(=O)N1c2ccc(C3=CCOCC3)cc2[C@H](NC(=O)O)[C@@H](C)[C@H]1C1CC1. The Morgan fingerprint density at radius 1 is 1.30 bits per heavy atom. The van der Waals surface area contributed by atoms with Gasteiger partial charge in [0.1, 0.15) is 0 Å². The summed E-state index contributed by atoms with van der Waals surface area (Å²) < 4.78 is 5.40. The van der Waals surface area contributed by atoms with E-state index in [0.717, 1.165) is 36.1 Å². The average Bonchev–Trinajstić information content (AvgIpc) is 3.48. The van der Waals surface area contributed by atoms with Crippen LogP contribution < -0.4 is 10.2 Å². The molecule has 3 atom stereocenters. The van der Waals surface area contributed by atoms with E-state index in [2.05, 4.69) is 24.4 Å². The maximum Gasteiger partial charge on any atom is 0.405 e. The molecule has 4 rings (SSSR count). The van der Waals surface area contributed by atoms with Gasteiger partial charge in [0.2, 0.25) is 5.91 Å². The van der Waals surface area contributed by atoms with Crippen molar-refractivity contribution >= 4 is 23.3 Å². The first kappa shape index (κ1) is 18.0. The number of nitrogens with zero attached hydrogens (tertiary/aromatic N) is 1. The van der Waals surface area contributed by atoms with Gasteiger partial charge in [0, 0.05) is 24.6 Å². The minimum atomic E-state index is -1.03. The summed E-state index contributed by atoms with van der Waals surface area (Å²) in [6.07, 6.45) is 4.08. The molecule has 0 bridgehead atoms. The van der Waals surface area contributed by atoms with Gasteiger partial charge in [-0.2, -0.15) is 0 Å². The molecule has 27 heavy (non-hydrogen) atoms. The molecule has 0 spiro atoms. The molecule has 1 aromatic carbocycles. The monoisotopic (exact) mass is 370 g/mol. The second-order valence-corrected chi connectivity index (χ2v) is 7.83. The fourth-order valence-corrected chi connectivity index (χ4v) is 4.69. The zero-order valence-corrected chi connectivity index (χ0v) is 15.8. The lowest BCUT2D eigenvalue weighted by Gasteiger charge is -2.45. The Morgan fingerprint density at radius 3 is 2.67 bits per heavy atom. The van der Waals surface area contributed by atoms with Gasteiger partial charge in [-0.1, -0.05) is 19.1 Å². The predicted octanol–water partition coefficient (Wildman–Crippen LogP) is 3.58. The smallest absolute Gasteiger partial charge is 0.405 e. The van der Waals surface area contributed by atoms with Crippen LogP contribution in [-0.4, -0.2) is 36.4 Å². The number of nitrogens with one attached hydrogen (secondary N) is 1. The molecule has 6 nitrogen and oxygen atoms in total. The first-order chi connectivity index (χ1) is 13.0. The highest BCUT2D eigenvalue weighted by molar-refractivity contribution is 5.94. The van der Waals surface area contributed by atoms with Gasteiger partial charge < -0.3 is 20.1 Å². The van der Waals surface area contributed by atoms with Crippen LogP contribution in [0.4, 0.5) is 10.5 Å². The number of hydrogen-bond donors (Lipinski definition) is 2. The summed E-state index contributed by atoms with van der Waals surface area (Å²) >= 11 is 0. The Morgan fingerprint density at radius 2 is 2.07 bits per heavy atom. The largest absolute Gasteiger partial charge is 0.465 e. The van der Waals surface area contributed by atoms with Crippen LogP contribution in [0.3, 0.4) is 0 Å². The highest BCUT2D eigenvalue weighted by atomic mass is 16.5. The molecule has 0 aromatic heterocycles. The highest BCUT2D eigenvalue weighted by Gasteiger charge is 2.47. The van der Waals surface area contributed by atoms with Crippen LogP contribution in [0.5, 0.6) is 0 Å². The highest BCUT2D eigenvalue weighted by Crippen LogP contribution is 2.49.